The van der Waals surface area contributed by atoms with Crippen LogP contribution in [0.5, 0.6) is 0 Å². The largest absolute Gasteiger partial charge is 0.454 e. The van der Waals surface area contributed by atoms with Gasteiger partial charge in [-0.3, -0.25) is 0 Å². The second kappa shape index (κ2) is 12.6. The van der Waals surface area contributed by atoms with E-state index in [1.807, 2.05) is 0 Å². The van der Waals surface area contributed by atoms with Crippen molar-refractivity contribution in [3.05, 3.63) is 228 Å². The van der Waals surface area contributed by atoms with Gasteiger partial charge in [0.05, 0.1) is 33.5 Å². The summed E-state index contributed by atoms with van der Waals surface area (Å²) in [6.45, 7) is 4.36. The van der Waals surface area contributed by atoms with Crippen LogP contribution in [0.1, 0.15) is 40.3 Å². The van der Waals surface area contributed by atoms with E-state index in [1.54, 1.807) is 0 Å². The van der Waals surface area contributed by atoms with Gasteiger partial charge in [-0.2, -0.15) is 0 Å². The molecule has 3 heterocycles. The third-order valence-electron chi connectivity index (χ3n) is 14.4. The molecule has 12 aromatic rings. The van der Waals surface area contributed by atoms with Gasteiger partial charge < -0.3 is 13.9 Å². The van der Waals surface area contributed by atoms with Crippen LogP contribution in [0.25, 0.3) is 82.1 Å². The van der Waals surface area contributed by atoms with Crippen LogP contribution in [-0.4, -0.2) is 4.57 Å². The minimum absolute atomic E-state index is 0.645. The first-order chi connectivity index (χ1) is 31.1. The summed E-state index contributed by atoms with van der Waals surface area (Å²) in [5, 5.41) is 9.74. The molecule has 0 bridgehead atoms. The Morgan fingerprint density at radius 1 is 0.476 bits per heavy atom. The van der Waals surface area contributed by atoms with Gasteiger partial charge in [-0.05, 0) is 110 Å². The highest BCUT2D eigenvalue weighted by molar-refractivity contribution is 6.19. The molecule has 0 saturated carbocycles. The van der Waals surface area contributed by atoms with Crippen molar-refractivity contribution in [2.24, 2.45) is 0 Å². The SMILES string of the molecule is CCc1ccc(N(c2cc3c(c4ccccc24)-c2c(ccc4ccccc24)C32c3ccccc3-n3c4ccccc4c4cccc2c43)c2cccc3c2oc2c(C)cccc23)cc1. The lowest BCUT2D eigenvalue weighted by atomic mass is 9.65. The molecule has 1 atom stereocenters. The van der Waals surface area contributed by atoms with Crippen LogP contribution in [0.2, 0.25) is 0 Å². The second-order valence-electron chi connectivity index (χ2n) is 17.5. The number of rotatable bonds is 4. The Morgan fingerprint density at radius 3 is 1.98 bits per heavy atom. The normalized spacial score (nSPS) is 15.0. The molecule has 3 heteroatoms. The van der Waals surface area contributed by atoms with Gasteiger partial charge in [-0.15, -0.1) is 0 Å². The fraction of sp³-hybridized carbons (Fsp3) is 0.0667. The molecule has 1 aliphatic carbocycles. The molecular weight excluding hydrogens is 765 g/mol. The van der Waals surface area contributed by atoms with Gasteiger partial charge in [0.15, 0.2) is 5.58 Å². The van der Waals surface area contributed by atoms with Gasteiger partial charge in [0.1, 0.15) is 5.58 Å². The van der Waals surface area contributed by atoms with Crippen LogP contribution in [0.15, 0.2) is 199 Å². The van der Waals surface area contributed by atoms with E-state index < -0.39 is 5.41 Å². The third-order valence-corrected chi connectivity index (χ3v) is 14.4. The van der Waals surface area contributed by atoms with Gasteiger partial charge in [0, 0.05) is 32.6 Å². The first kappa shape index (κ1) is 34.8. The monoisotopic (exact) mass is 804 g/mol. The van der Waals surface area contributed by atoms with Crippen molar-refractivity contribution in [1.82, 2.24) is 4.57 Å². The number of hydrogen-bond donors (Lipinski definition) is 0. The molecule has 3 nitrogen and oxygen atoms in total. The average molecular weight is 805 g/mol. The number of benzene rings is 10. The molecule has 1 aliphatic heterocycles. The smallest absolute Gasteiger partial charge is 0.159 e. The maximum atomic E-state index is 7.01. The van der Waals surface area contributed by atoms with E-state index in [-0.39, 0.29) is 0 Å². The van der Waals surface area contributed by atoms with Crippen LogP contribution in [0.4, 0.5) is 17.1 Å². The summed E-state index contributed by atoms with van der Waals surface area (Å²) in [4.78, 5) is 2.48. The van der Waals surface area contributed by atoms with Gasteiger partial charge >= 0.3 is 0 Å². The predicted octanol–water partition coefficient (Wildman–Crippen LogP) is 16.0. The Kier molecular flexibility index (Phi) is 6.95. The molecule has 0 amide bonds. The van der Waals surface area contributed by atoms with Crippen molar-refractivity contribution < 1.29 is 4.42 Å². The molecule has 1 unspecified atom stereocenters. The molecule has 0 N–H and O–H groups in total. The van der Waals surface area contributed by atoms with E-state index in [2.05, 4.69) is 217 Å². The van der Waals surface area contributed by atoms with Crippen molar-refractivity contribution in [3.63, 3.8) is 0 Å². The van der Waals surface area contributed by atoms with Gasteiger partial charge in [-0.1, -0.05) is 165 Å². The number of hydrogen-bond acceptors (Lipinski definition) is 2. The number of fused-ring (bicyclic) bond motifs is 19. The molecule has 14 rings (SSSR count). The third kappa shape index (κ3) is 4.38. The molecule has 1 spiro atoms. The molecule has 0 radical (unpaired) electrons. The standard InChI is InChI=1S/C60H40N2O/c1-3-37-29-32-39(33-30-37)61(53-28-14-23-46-45-22-12-15-36(2)58(45)63-59(46)53)54-35-50-56(43-20-7-6-18-41(43)54)55-40-17-5-4-16-38(40)31-34-48(55)60(50)47-24-9-11-27-52(47)62-51-26-10-8-19-42(51)44-21-13-25-49(60)57(44)62/h4-35H,3H2,1-2H3. The van der Waals surface area contributed by atoms with E-state index in [1.165, 1.54) is 88.0 Å². The number of nitrogens with zero attached hydrogens (tertiary/aromatic N) is 2. The number of anilines is 3. The van der Waals surface area contributed by atoms with E-state index in [0.29, 0.717) is 0 Å². The van der Waals surface area contributed by atoms with E-state index in [0.717, 1.165) is 51.0 Å². The summed E-state index contributed by atoms with van der Waals surface area (Å²) < 4.78 is 9.54. The predicted molar refractivity (Wildman–Crippen MR) is 263 cm³/mol. The van der Waals surface area contributed by atoms with E-state index in [9.17, 15) is 0 Å². The molecule has 0 saturated heterocycles. The van der Waals surface area contributed by atoms with Gasteiger partial charge in [-0.25, -0.2) is 0 Å². The molecule has 10 aromatic carbocycles. The maximum absolute atomic E-state index is 7.01. The molecule has 2 aromatic heterocycles. The lowest BCUT2D eigenvalue weighted by Gasteiger charge is -2.40. The van der Waals surface area contributed by atoms with Crippen molar-refractivity contribution in [2.45, 2.75) is 25.7 Å². The summed E-state index contributed by atoms with van der Waals surface area (Å²) in [5.41, 5.74) is 18.4. The Morgan fingerprint density at radius 2 is 1.13 bits per heavy atom. The number of aryl methyl sites for hydroxylation is 2. The fourth-order valence-electron chi connectivity index (χ4n) is 11.8. The lowest BCUT2D eigenvalue weighted by Crippen LogP contribution is -2.33. The zero-order chi connectivity index (χ0) is 41.6. The molecule has 0 fully saturated rings. The van der Waals surface area contributed by atoms with Crippen molar-refractivity contribution in [1.29, 1.82) is 0 Å². The zero-order valence-corrected chi connectivity index (χ0v) is 35.0. The maximum Gasteiger partial charge on any atom is 0.159 e. The minimum Gasteiger partial charge on any atom is -0.454 e. The Bertz CT molecular complexity index is 3920. The minimum atomic E-state index is -0.645. The number of furan rings is 1. The van der Waals surface area contributed by atoms with E-state index in [4.69, 9.17) is 4.42 Å². The molecule has 2 aliphatic rings. The summed E-state index contributed by atoms with van der Waals surface area (Å²) in [7, 11) is 0. The quantitative estimate of drug-likeness (QED) is 0.177. The molecule has 296 valence electrons. The van der Waals surface area contributed by atoms with Crippen LogP contribution < -0.4 is 4.90 Å². The second-order valence-corrected chi connectivity index (χ2v) is 17.5. The van der Waals surface area contributed by atoms with Crippen LogP contribution in [0, 0.1) is 6.92 Å². The Hall–Kier alpha value is -7.88. The van der Waals surface area contributed by atoms with Crippen molar-refractivity contribution >= 4 is 82.4 Å². The van der Waals surface area contributed by atoms with Crippen LogP contribution >= 0.6 is 0 Å². The van der Waals surface area contributed by atoms with Crippen molar-refractivity contribution in [3.8, 4) is 16.8 Å². The first-order valence-electron chi connectivity index (χ1n) is 22.2. The topological polar surface area (TPSA) is 21.3 Å². The van der Waals surface area contributed by atoms with E-state index >= 15 is 0 Å². The molecular formula is C60H40N2O. The van der Waals surface area contributed by atoms with Crippen LogP contribution in [-0.2, 0) is 11.8 Å². The summed E-state index contributed by atoms with van der Waals surface area (Å²) >= 11 is 0. The summed E-state index contributed by atoms with van der Waals surface area (Å²) in [6, 6.07) is 72.8. The highest BCUT2D eigenvalue weighted by Gasteiger charge is 2.52. The highest BCUT2D eigenvalue weighted by Crippen LogP contribution is 2.64. The summed E-state index contributed by atoms with van der Waals surface area (Å²) in [6.07, 6.45) is 0.969. The van der Waals surface area contributed by atoms with Crippen LogP contribution in [0.3, 0.4) is 0 Å². The number of aromatic nitrogens is 1. The molecule has 63 heavy (non-hydrogen) atoms. The summed E-state index contributed by atoms with van der Waals surface area (Å²) in [5.74, 6) is 0. The van der Waals surface area contributed by atoms with Gasteiger partial charge in [0.2, 0.25) is 0 Å². The van der Waals surface area contributed by atoms with Gasteiger partial charge in [0.25, 0.3) is 0 Å². The Balaban J connectivity index is 1.19. The Labute approximate surface area is 364 Å². The van der Waals surface area contributed by atoms with Crippen molar-refractivity contribution in [2.75, 3.05) is 4.90 Å². The number of para-hydroxylation sites is 5. The first-order valence-corrected chi connectivity index (χ1v) is 22.2. The average Bonchev–Trinajstić information content (AvgIpc) is 4.00. The fourth-order valence-corrected chi connectivity index (χ4v) is 11.8. The lowest BCUT2D eigenvalue weighted by molar-refractivity contribution is 0.666. The zero-order valence-electron chi connectivity index (χ0n) is 35.0. The highest BCUT2D eigenvalue weighted by atomic mass is 16.3.